The third-order valence-corrected chi connectivity index (χ3v) is 4.72. The summed E-state index contributed by atoms with van der Waals surface area (Å²) in [7, 11) is 0. The average molecular weight is 399 g/mol. The number of halogens is 1. The van der Waals surface area contributed by atoms with Crippen molar-refractivity contribution < 1.29 is 9.21 Å². The van der Waals surface area contributed by atoms with E-state index in [4.69, 9.17) is 28.2 Å². The molecule has 0 saturated heterocycles. The van der Waals surface area contributed by atoms with Crippen LogP contribution < -0.4 is 5.32 Å². The van der Waals surface area contributed by atoms with Crippen molar-refractivity contribution in [2.45, 2.75) is 13.5 Å². The van der Waals surface area contributed by atoms with Crippen LogP contribution in [0.25, 0.3) is 11.1 Å². The summed E-state index contributed by atoms with van der Waals surface area (Å²) in [5.41, 5.74) is 3.88. The van der Waals surface area contributed by atoms with E-state index in [-0.39, 0.29) is 10.7 Å². The van der Waals surface area contributed by atoms with E-state index < -0.39 is 0 Å². The molecule has 4 aromatic rings. The third-order valence-electron chi connectivity index (χ3n) is 4.15. The fraction of sp³-hybridized carbons (Fsp3) is 0.105. The average Bonchev–Trinajstić information content (AvgIpc) is 3.14. The Balaban J connectivity index is 1.60. The van der Waals surface area contributed by atoms with Gasteiger partial charge in [-0.3, -0.25) is 4.79 Å². The van der Waals surface area contributed by atoms with Gasteiger partial charge in [0.05, 0.1) is 23.3 Å². The van der Waals surface area contributed by atoms with Crippen LogP contribution in [0.5, 0.6) is 0 Å². The van der Waals surface area contributed by atoms with Crippen LogP contribution in [-0.2, 0) is 6.54 Å². The molecule has 8 heteroatoms. The van der Waals surface area contributed by atoms with Gasteiger partial charge in [0, 0.05) is 11.8 Å². The molecule has 0 spiro atoms. The molecule has 4 rings (SSSR count). The highest BCUT2D eigenvalue weighted by Crippen LogP contribution is 2.24. The van der Waals surface area contributed by atoms with Crippen molar-refractivity contribution in [2.75, 3.05) is 5.32 Å². The van der Waals surface area contributed by atoms with Crippen molar-refractivity contribution in [1.29, 1.82) is 0 Å². The Kier molecular flexibility index (Phi) is 4.55. The summed E-state index contributed by atoms with van der Waals surface area (Å²) in [5.74, 6) is -0.328. The van der Waals surface area contributed by atoms with Crippen molar-refractivity contribution in [3.8, 4) is 0 Å². The first-order chi connectivity index (χ1) is 13.0. The lowest BCUT2D eigenvalue weighted by atomic mass is 10.2. The number of hydrogen-bond donors (Lipinski definition) is 2. The number of rotatable bonds is 4. The zero-order valence-electron chi connectivity index (χ0n) is 14.3. The summed E-state index contributed by atoms with van der Waals surface area (Å²) >= 11 is 11.4. The van der Waals surface area contributed by atoms with E-state index in [9.17, 15) is 4.79 Å². The lowest BCUT2D eigenvalue weighted by Gasteiger charge is -2.06. The smallest absolute Gasteiger partial charge is 0.266 e. The number of fused-ring (bicyclic) bond motifs is 1. The zero-order valence-corrected chi connectivity index (χ0v) is 15.9. The lowest BCUT2D eigenvalue weighted by molar-refractivity contribution is 0.102. The first-order valence-corrected chi connectivity index (χ1v) is 9.01. The predicted octanol–water partition coefficient (Wildman–Crippen LogP) is 4.95. The first kappa shape index (κ1) is 17.5. The van der Waals surface area contributed by atoms with Gasteiger partial charge in [-0.1, -0.05) is 41.9 Å². The summed E-state index contributed by atoms with van der Waals surface area (Å²) in [6, 6.07) is 15.1. The molecular formula is C19H15ClN4O2S. The van der Waals surface area contributed by atoms with E-state index in [2.05, 4.69) is 15.4 Å². The second kappa shape index (κ2) is 7.02. The number of hydrogen-bond acceptors (Lipinski definition) is 4. The van der Waals surface area contributed by atoms with Gasteiger partial charge in [0.2, 0.25) is 0 Å². The second-order valence-corrected chi connectivity index (χ2v) is 6.80. The number of H-pyrrole nitrogens is 1. The summed E-state index contributed by atoms with van der Waals surface area (Å²) in [4.78, 5) is 16.0. The molecule has 0 aliphatic heterocycles. The normalized spacial score (nSPS) is 11.0. The van der Waals surface area contributed by atoms with E-state index in [0.717, 1.165) is 11.1 Å². The number of amides is 1. The Hall–Kier alpha value is -2.90. The highest BCUT2D eigenvalue weighted by atomic mass is 35.5. The molecule has 2 aromatic heterocycles. The number of aromatic amines is 1. The van der Waals surface area contributed by atoms with Crippen LogP contribution in [0.2, 0.25) is 5.15 Å². The van der Waals surface area contributed by atoms with Gasteiger partial charge in [0.15, 0.2) is 5.58 Å². The van der Waals surface area contributed by atoms with Crippen molar-refractivity contribution >= 4 is 46.5 Å². The Morgan fingerprint density at radius 2 is 2.07 bits per heavy atom. The largest absolute Gasteiger partial charge is 0.429 e. The molecule has 0 aliphatic rings. The maximum absolute atomic E-state index is 12.8. The molecule has 0 atom stereocenters. The first-order valence-electron chi connectivity index (χ1n) is 8.22. The standard InChI is InChI=1S/C19H15ClN4O2S/c1-11-16(17(20)24(23-11)10-12-5-3-2-4-6-12)18(25)21-13-7-8-14-15(9-13)26-19(27)22-14/h2-9H,10H2,1H3,(H,21,25)(H,22,27). The van der Waals surface area contributed by atoms with Gasteiger partial charge in [0.25, 0.3) is 10.7 Å². The van der Waals surface area contributed by atoms with Crippen LogP contribution in [0.3, 0.4) is 0 Å². The minimum atomic E-state index is -0.328. The molecule has 0 radical (unpaired) electrons. The van der Waals surface area contributed by atoms with Gasteiger partial charge in [0.1, 0.15) is 5.15 Å². The second-order valence-electron chi connectivity index (χ2n) is 6.07. The number of nitrogens with one attached hydrogen (secondary N) is 2. The molecule has 0 bridgehead atoms. The van der Waals surface area contributed by atoms with Crippen LogP contribution in [0.1, 0.15) is 21.6 Å². The van der Waals surface area contributed by atoms with Crippen molar-refractivity contribution in [3.63, 3.8) is 0 Å². The Labute approximate surface area is 164 Å². The number of anilines is 1. The molecule has 2 N–H and O–H groups in total. The monoisotopic (exact) mass is 398 g/mol. The summed E-state index contributed by atoms with van der Waals surface area (Å²) < 4.78 is 7.00. The molecule has 136 valence electrons. The predicted molar refractivity (Wildman–Crippen MR) is 107 cm³/mol. The number of aromatic nitrogens is 3. The molecule has 2 heterocycles. The van der Waals surface area contributed by atoms with Gasteiger partial charge in [-0.2, -0.15) is 5.10 Å². The van der Waals surface area contributed by atoms with E-state index >= 15 is 0 Å². The molecule has 0 fully saturated rings. The van der Waals surface area contributed by atoms with E-state index in [0.29, 0.717) is 34.2 Å². The lowest BCUT2D eigenvalue weighted by Crippen LogP contribution is -2.13. The van der Waals surface area contributed by atoms with Gasteiger partial charge in [-0.15, -0.1) is 0 Å². The zero-order chi connectivity index (χ0) is 19.0. The van der Waals surface area contributed by atoms with Crippen LogP contribution in [0.15, 0.2) is 52.9 Å². The number of oxazole rings is 1. The topological polar surface area (TPSA) is 75.8 Å². The fourth-order valence-electron chi connectivity index (χ4n) is 2.89. The third kappa shape index (κ3) is 3.51. The molecule has 27 heavy (non-hydrogen) atoms. The number of carbonyl (C=O) groups is 1. The Morgan fingerprint density at radius 1 is 1.30 bits per heavy atom. The maximum atomic E-state index is 12.8. The van der Waals surface area contributed by atoms with E-state index in [1.807, 2.05) is 30.3 Å². The number of nitrogens with zero attached hydrogens (tertiary/aromatic N) is 2. The molecule has 0 saturated carbocycles. The van der Waals surface area contributed by atoms with Crippen molar-refractivity contribution in [3.05, 3.63) is 75.3 Å². The van der Waals surface area contributed by atoms with Crippen molar-refractivity contribution in [2.24, 2.45) is 0 Å². The quantitative estimate of drug-likeness (QED) is 0.477. The van der Waals surface area contributed by atoms with Crippen LogP contribution in [0, 0.1) is 11.8 Å². The van der Waals surface area contributed by atoms with Crippen LogP contribution in [-0.4, -0.2) is 20.7 Å². The maximum Gasteiger partial charge on any atom is 0.266 e. The Bertz CT molecular complexity index is 1190. The van der Waals surface area contributed by atoms with Crippen LogP contribution in [0.4, 0.5) is 5.69 Å². The molecule has 6 nitrogen and oxygen atoms in total. The Morgan fingerprint density at radius 3 is 2.85 bits per heavy atom. The minimum Gasteiger partial charge on any atom is -0.429 e. The summed E-state index contributed by atoms with van der Waals surface area (Å²) in [5, 5.41) is 7.54. The highest BCUT2D eigenvalue weighted by Gasteiger charge is 2.20. The van der Waals surface area contributed by atoms with Gasteiger partial charge >= 0.3 is 0 Å². The number of aryl methyl sites for hydroxylation is 1. The van der Waals surface area contributed by atoms with E-state index in [1.54, 1.807) is 29.8 Å². The van der Waals surface area contributed by atoms with Gasteiger partial charge in [-0.25, -0.2) is 4.68 Å². The van der Waals surface area contributed by atoms with Gasteiger partial charge in [-0.05, 0) is 36.8 Å². The molecule has 0 unspecified atom stereocenters. The number of carbonyl (C=O) groups excluding carboxylic acids is 1. The summed E-state index contributed by atoms with van der Waals surface area (Å²) in [6.07, 6.45) is 0. The summed E-state index contributed by atoms with van der Waals surface area (Å²) in [6.45, 7) is 2.25. The number of benzene rings is 2. The van der Waals surface area contributed by atoms with Crippen LogP contribution >= 0.6 is 23.8 Å². The highest BCUT2D eigenvalue weighted by molar-refractivity contribution is 7.71. The van der Waals surface area contributed by atoms with Gasteiger partial charge < -0.3 is 14.7 Å². The fourth-order valence-corrected chi connectivity index (χ4v) is 3.41. The van der Waals surface area contributed by atoms with Crippen molar-refractivity contribution in [1.82, 2.24) is 14.8 Å². The SMILES string of the molecule is Cc1nn(Cc2ccccc2)c(Cl)c1C(=O)Nc1ccc2[nH]c(=S)oc2c1. The molecular weight excluding hydrogens is 384 g/mol. The van der Waals surface area contributed by atoms with E-state index in [1.165, 1.54) is 0 Å². The molecule has 1 amide bonds. The minimum absolute atomic E-state index is 0.287. The molecule has 2 aromatic carbocycles. The molecule has 0 aliphatic carbocycles.